The van der Waals surface area contributed by atoms with E-state index in [0.29, 0.717) is 5.56 Å². The van der Waals surface area contributed by atoms with Crippen LogP contribution in [0.25, 0.3) is 0 Å². The first-order chi connectivity index (χ1) is 9.56. The molecule has 6 heteroatoms. The van der Waals surface area contributed by atoms with E-state index in [2.05, 4.69) is 0 Å². The fraction of sp³-hybridized carbons (Fsp3) is 0.143. The van der Waals surface area contributed by atoms with E-state index in [0.717, 1.165) is 4.57 Å². The zero-order chi connectivity index (χ0) is 14.5. The second-order valence-electron chi connectivity index (χ2n) is 4.11. The van der Waals surface area contributed by atoms with Crippen LogP contribution in [0.3, 0.4) is 0 Å². The summed E-state index contributed by atoms with van der Waals surface area (Å²) in [6, 6.07) is 8.69. The highest BCUT2D eigenvalue weighted by Gasteiger charge is 2.07. The molecule has 0 radical (unpaired) electrons. The van der Waals surface area contributed by atoms with Crippen molar-refractivity contribution in [2.24, 2.45) is 0 Å². The van der Waals surface area contributed by atoms with Crippen molar-refractivity contribution in [3.05, 3.63) is 64.3 Å². The Bertz CT molecular complexity index is 664. The smallest absolute Gasteiger partial charge is 0.323 e. The molecule has 0 saturated carbocycles. The molecule has 0 spiro atoms. The Morgan fingerprint density at radius 2 is 1.95 bits per heavy atom. The summed E-state index contributed by atoms with van der Waals surface area (Å²) in [7, 11) is 0. The van der Waals surface area contributed by atoms with Crippen LogP contribution < -0.4 is 10.3 Å². The summed E-state index contributed by atoms with van der Waals surface area (Å²) >= 11 is 0. The molecule has 0 aliphatic carbocycles. The third kappa shape index (κ3) is 3.44. The van der Waals surface area contributed by atoms with E-state index < -0.39 is 18.1 Å². The fourth-order valence-corrected chi connectivity index (χ4v) is 1.64. The van der Waals surface area contributed by atoms with Gasteiger partial charge in [0.25, 0.3) is 5.56 Å². The van der Waals surface area contributed by atoms with Gasteiger partial charge < -0.3 is 14.4 Å². The Hall–Kier alpha value is -2.63. The molecule has 20 heavy (non-hydrogen) atoms. The minimum atomic E-state index is -1.11. The molecule has 0 bridgehead atoms. The molecule has 0 saturated heterocycles. The number of hydrogen-bond donors (Lipinski definition) is 1. The second kappa shape index (κ2) is 6.01. The molecule has 2 rings (SSSR count). The molecule has 5 nitrogen and oxygen atoms in total. The number of pyridine rings is 1. The van der Waals surface area contributed by atoms with E-state index in [9.17, 15) is 14.0 Å². The lowest BCUT2D eigenvalue weighted by Gasteiger charge is -2.08. The lowest BCUT2D eigenvalue weighted by atomic mass is 10.2. The number of ether oxygens (including phenoxy) is 1. The molecular formula is C14H12FNO4. The van der Waals surface area contributed by atoms with Gasteiger partial charge in [0.05, 0.1) is 0 Å². The van der Waals surface area contributed by atoms with Crippen molar-refractivity contribution in [2.45, 2.75) is 13.2 Å². The Labute approximate surface area is 113 Å². The number of aromatic nitrogens is 1. The van der Waals surface area contributed by atoms with Gasteiger partial charge >= 0.3 is 5.97 Å². The Morgan fingerprint density at radius 3 is 2.60 bits per heavy atom. The van der Waals surface area contributed by atoms with Crippen molar-refractivity contribution in [1.82, 2.24) is 4.57 Å². The van der Waals surface area contributed by atoms with Gasteiger partial charge in [0.15, 0.2) is 5.75 Å². The van der Waals surface area contributed by atoms with Gasteiger partial charge in [0, 0.05) is 6.20 Å². The summed E-state index contributed by atoms with van der Waals surface area (Å²) in [5.74, 6) is -1.40. The lowest BCUT2D eigenvalue weighted by Crippen LogP contribution is -2.24. The minimum absolute atomic E-state index is 0.0538. The predicted octanol–water partition coefficient (Wildman–Crippen LogP) is 1.65. The molecule has 0 aliphatic rings. The molecule has 1 heterocycles. The standard InChI is InChI=1S/C14H12FNO4/c15-11-5-3-10(4-6-11)9-20-12-2-1-7-16(14(12)19)8-13(17)18/h1-7H,8-9H2,(H,17,18). The average molecular weight is 277 g/mol. The number of benzene rings is 1. The molecule has 1 aromatic carbocycles. The first-order valence-corrected chi connectivity index (χ1v) is 5.85. The Morgan fingerprint density at radius 1 is 1.25 bits per heavy atom. The molecule has 104 valence electrons. The van der Waals surface area contributed by atoms with E-state index in [-0.39, 0.29) is 18.2 Å². The van der Waals surface area contributed by atoms with Crippen LogP contribution in [0.1, 0.15) is 5.56 Å². The summed E-state index contributed by atoms with van der Waals surface area (Å²) < 4.78 is 19.1. The highest BCUT2D eigenvalue weighted by molar-refractivity contribution is 5.66. The lowest BCUT2D eigenvalue weighted by molar-refractivity contribution is -0.137. The average Bonchev–Trinajstić information content (AvgIpc) is 2.41. The first-order valence-electron chi connectivity index (χ1n) is 5.85. The van der Waals surface area contributed by atoms with Crippen molar-refractivity contribution in [3.63, 3.8) is 0 Å². The topological polar surface area (TPSA) is 68.5 Å². The van der Waals surface area contributed by atoms with Crippen molar-refractivity contribution >= 4 is 5.97 Å². The zero-order valence-corrected chi connectivity index (χ0v) is 10.5. The maximum absolute atomic E-state index is 12.7. The number of halogens is 1. The van der Waals surface area contributed by atoms with Gasteiger partial charge in [-0.1, -0.05) is 12.1 Å². The summed E-state index contributed by atoms with van der Waals surface area (Å²) in [5, 5.41) is 8.68. The van der Waals surface area contributed by atoms with Gasteiger partial charge in [0.1, 0.15) is 19.0 Å². The molecule has 1 aromatic heterocycles. The number of nitrogens with zero attached hydrogens (tertiary/aromatic N) is 1. The quantitative estimate of drug-likeness (QED) is 0.902. The van der Waals surface area contributed by atoms with E-state index >= 15 is 0 Å². The number of hydrogen-bond acceptors (Lipinski definition) is 3. The normalized spacial score (nSPS) is 10.2. The van der Waals surface area contributed by atoms with Crippen LogP contribution in [-0.4, -0.2) is 15.6 Å². The Balaban J connectivity index is 2.11. The third-order valence-corrected chi connectivity index (χ3v) is 2.60. The van der Waals surface area contributed by atoms with Gasteiger partial charge in [-0.2, -0.15) is 0 Å². The molecular weight excluding hydrogens is 265 g/mol. The Kier molecular flexibility index (Phi) is 4.14. The van der Waals surface area contributed by atoms with E-state index in [1.54, 1.807) is 12.1 Å². The summed E-state index contributed by atoms with van der Waals surface area (Å²) in [6.07, 6.45) is 1.38. The predicted molar refractivity (Wildman–Crippen MR) is 69.1 cm³/mol. The highest BCUT2D eigenvalue weighted by atomic mass is 19.1. The van der Waals surface area contributed by atoms with Gasteiger partial charge in [-0.3, -0.25) is 9.59 Å². The maximum Gasteiger partial charge on any atom is 0.323 e. The number of carbonyl (C=O) groups is 1. The van der Waals surface area contributed by atoms with Gasteiger partial charge in [-0.15, -0.1) is 0 Å². The van der Waals surface area contributed by atoms with Crippen LogP contribution in [-0.2, 0) is 17.9 Å². The molecule has 0 fully saturated rings. The second-order valence-corrected chi connectivity index (χ2v) is 4.11. The first kappa shape index (κ1) is 13.8. The largest absolute Gasteiger partial charge is 0.483 e. The van der Waals surface area contributed by atoms with Crippen molar-refractivity contribution in [2.75, 3.05) is 0 Å². The van der Waals surface area contributed by atoms with Gasteiger partial charge in [0.2, 0.25) is 0 Å². The van der Waals surface area contributed by atoms with Crippen LogP contribution >= 0.6 is 0 Å². The molecule has 1 N–H and O–H groups in total. The van der Waals surface area contributed by atoms with Gasteiger partial charge in [-0.05, 0) is 29.8 Å². The summed E-state index contributed by atoms with van der Waals surface area (Å²) in [4.78, 5) is 22.5. The van der Waals surface area contributed by atoms with Crippen LogP contribution in [0.5, 0.6) is 5.75 Å². The van der Waals surface area contributed by atoms with Crippen LogP contribution in [0, 0.1) is 5.82 Å². The van der Waals surface area contributed by atoms with Crippen molar-refractivity contribution in [3.8, 4) is 5.75 Å². The highest BCUT2D eigenvalue weighted by Crippen LogP contribution is 2.08. The van der Waals surface area contributed by atoms with Gasteiger partial charge in [-0.25, -0.2) is 4.39 Å². The SMILES string of the molecule is O=C(O)Cn1cccc(OCc2ccc(F)cc2)c1=O. The van der Waals surface area contributed by atoms with Crippen molar-refractivity contribution < 1.29 is 19.0 Å². The van der Waals surface area contributed by atoms with E-state index in [1.165, 1.54) is 30.5 Å². The van der Waals surface area contributed by atoms with E-state index in [1.807, 2.05) is 0 Å². The van der Waals surface area contributed by atoms with Crippen LogP contribution in [0.4, 0.5) is 4.39 Å². The fourth-order valence-electron chi connectivity index (χ4n) is 1.64. The molecule has 2 aromatic rings. The van der Waals surface area contributed by atoms with E-state index in [4.69, 9.17) is 9.84 Å². The summed E-state index contributed by atoms with van der Waals surface area (Å²) in [5.41, 5.74) is 0.191. The molecule has 0 atom stereocenters. The third-order valence-electron chi connectivity index (χ3n) is 2.60. The maximum atomic E-state index is 12.7. The molecule has 0 unspecified atom stereocenters. The van der Waals surface area contributed by atoms with Crippen LogP contribution in [0.15, 0.2) is 47.4 Å². The summed E-state index contributed by atoms with van der Waals surface area (Å²) in [6.45, 7) is -0.320. The number of carboxylic acid groups (broad SMARTS) is 1. The molecule has 0 aliphatic heterocycles. The molecule has 0 amide bonds. The zero-order valence-electron chi connectivity index (χ0n) is 10.5. The monoisotopic (exact) mass is 277 g/mol. The number of aliphatic carboxylic acids is 1. The minimum Gasteiger partial charge on any atom is -0.483 e. The van der Waals surface area contributed by atoms with Crippen LogP contribution in [0.2, 0.25) is 0 Å². The van der Waals surface area contributed by atoms with Crippen molar-refractivity contribution in [1.29, 1.82) is 0 Å². The number of carboxylic acids is 1. The number of rotatable bonds is 5.